The Labute approximate surface area is 212 Å². The van der Waals surface area contributed by atoms with Crippen molar-refractivity contribution in [1.29, 1.82) is 0 Å². The molecule has 9 heteroatoms. The number of carbonyl (C=O) groups excluding carboxylic acids is 4. The van der Waals surface area contributed by atoms with E-state index < -0.39 is 23.8 Å². The number of methoxy groups -OCH3 is 1. The molecule has 9 nitrogen and oxygen atoms in total. The van der Waals surface area contributed by atoms with Crippen LogP contribution in [0.2, 0.25) is 0 Å². The van der Waals surface area contributed by atoms with Gasteiger partial charge in [-0.3, -0.25) is 14.9 Å². The van der Waals surface area contributed by atoms with E-state index in [1.165, 1.54) is 25.3 Å². The van der Waals surface area contributed by atoms with E-state index in [-0.39, 0.29) is 17.7 Å². The highest BCUT2D eigenvalue weighted by Gasteiger charge is 2.37. The Morgan fingerprint density at radius 3 is 2.38 bits per heavy atom. The summed E-state index contributed by atoms with van der Waals surface area (Å²) in [4.78, 5) is 50.2. The van der Waals surface area contributed by atoms with Crippen LogP contribution in [0.4, 0.5) is 10.5 Å². The molecule has 0 bridgehead atoms. The standard InChI is InChI=1S/C28H24N2O7/c1-16-9-17(2)11-21(10-16)30-26(32)22(25(31)29-28(30)35)13-18-7-8-23(24(14-18)36-3)37-15-19-5-4-6-20(12-19)27(33)34/h4-14H,15H2,1-3H3,(H,33,34)(H,29,31,35)/p-1/b22-13-. The van der Waals surface area contributed by atoms with E-state index in [0.29, 0.717) is 28.3 Å². The Morgan fingerprint density at radius 2 is 1.70 bits per heavy atom. The van der Waals surface area contributed by atoms with Gasteiger partial charge in [0.15, 0.2) is 11.5 Å². The van der Waals surface area contributed by atoms with Gasteiger partial charge in [-0.2, -0.15) is 0 Å². The molecule has 1 saturated heterocycles. The Kier molecular flexibility index (Phi) is 7.06. The number of carboxylic acid groups (broad SMARTS) is 1. The molecule has 0 aliphatic carbocycles. The molecule has 3 aromatic carbocycles. The molecule has 0 spiro atoms. The molecular formula is C28H23N2O7-. The van der Waals surface area contributed by atoms with E-state index in [9.17, 15) is 24.3 Å². The molecule has 0 aromatic heterocycles. The van der Waals surface area contributed by atoms with Crippen LogP contribution in [-0.2, 0) is 16.2 Å². The van der Waals surface area contributed by atoms with Crippen LogP contribution in [0.1, 0.15) is 32.6 Å². The van der Waals surface area contributed by atoms with Crippen molar-refractivity contribution >= 4 is 35.6 Å². The second-order valence-corrected chi connectivity index (χ2v) is 8.49. The molecule has 0 atom stereocenters. The van der Waals surface area contributed by atoms with Crippen molar-refractivity contribution in [2.75, 3.05) is 12.0 Å². The summed E-state index contributed by atoms with van der Waals surface area (Å²) >= 11 is 0. The maximum Gasteiger partial charge on any atom is 0.335 e. The topological polar surface area (TPSA) is 125 Å². The zero-order chi connectivity index (χ0) is 26.7. The van der Waals surface area contributed by atoms with Crippen LogP contribution < -0.4 is 24.8 Å². The van der Waals surface area contributed by atoms with E-state index in [4.69, 9.17) is 9.47 Å². The summed E-state index contributed by atoms with van der Waals surface area (Å²) in [6.07, 6.45) is 1.37. The summed E-state index contributed by atoms with van der Waals surface area (Å²) in [7, 11) is 1.44. The van der Waals surface area contributed by atoms with E-state index in [1.54, 1.807) is 42.5 Å². The predicted octanol–water partition coefficient (Wildman–Crippen LogP) is 2.92. The number of aryl methyl sites for hydroxylation is 2. The minimum absolute atomic E-state index is 0.0406. The first kappa shape index (κ1) is 25.2. The monoisotopic (exact) mass is 499 g/mol. The molecular weight excluding hydrogens is 476 g/mol. The first-order valence-electron chi connectivity index (χ1n) is 11.3. The third kappa shape index (κ3) is 5.51. The van der Waals surface area contributed by atoms with Gasteiger partial charge in [0.1, 0.15) is 12.2 Å². The number of imide groups is 2. The van der Waals surface area contributed by atoms with Gasteiger partial charge in [-0.05, 0) is 78.1 Å². The normalized spacial score (nSPS) is 14.5. The molecule has 1 aliphatic heterocycles. The van der Waals surface area contributed by atoms with Crippen molar-refractivity contribution in [3.8, 4) is 11.5 Å². The van der Waals surface area contributed by atoms with Gasteiger partial charge < -0.3 is 19.4 Å². The highest BCUT2D eigenvalue weighted by Crippen LogP contribution is 2.31. The number of nitrogens with zero attached hydrogens (tertiary/aromatic N) is 1. The third-order valence-electron chi connectivity index (χ3n) is 5.62. The summed E-state index contributed by atoms with van der Waals surface area (Å²) in [5, 5.41) is 13.3. The van der Waals surface area contributed by atoms with Gasteiger partial charge in [0.05, 0.1) is 18.8 Å². The average Bonchev–Trinajstić information content (AvgIpc) is 2.85. The number of rotatable bonds is 7. The maximum atomic E-state index is 13.2. The van der Waals surface area contributed by atoms with Crippen molar-refractivity contribution < 1.29 is 33.8 Å². The van der Waals surface area contributed by atoms with Crippen molar-refractivity contribution in [1.82, 2.24) is 5.32 Å². The van der Waals surface area contributed by atoms with Gasteiger partial charge in [0.25, 0.3) is 11.8 Å². The lowest BCUT2D eigenvalue weighted by molar-refractivity contribution is -0.255. The molecule has 1 fully saturated rings. The maximum absolute atomic E-state index is 13.2. The van der Waals surface area contributed by atoms with E-state index in [1.807, 2.05) is 19.9 Å². The molecule has 4 rings (SSSR count). The Morgan fingerprint density at radius 1 is 0.973 bits per heavy atom. The molecule has 1 heterocycles. The molecule has 37 heavy (non-hydrogen) atoms. The zero-order valence-electron chi connectivity index (χ0n) is 20.4. The third-order valence-corrected chi connectivity index (χ3v) is 5.62. The number of anilines is 1. The smallest absolute Gasteiger partial charge is 0.335 e. The fraction of sp³-hybridized carbons (Fsp3) is 0.143. The summed E-state index contributed by atoms with van der Waals surface area (Å²) in [6.45, 7) is 3.77. The number of hydrogen-bond acceptors (Lipinski definition) is 7. The highest BCUT2D eigenvalue weighted by atomic mass is 16.5. The van der Waals surface area contributed by atoms with E-state index in [2.05, 4.69) is 5.32 Å². The number of carboxylic acids is 1. The largest absolute Gasteiger partial charge is 0.545 e. The number of carbonyl (C=O) groups is 4. The number of ether oxygens (including phenoxy) is 2. The first-order valence-corrected chi connectivity index (χ1v) is 11.3. The van der Waals surface area contributed by atoms with Crippen LogP contribution in [0, 0.1) is 13.8 Å². The second-order valence-electron chi connectivity index (χ2n) is 8.49. The van der Waals surface area contributed by atoms with Gasteiger partial charge in [-0.1, -0.05) is 30.3 Å². The lowest BCUT2D eigenvalue weighted by Crippen LogP contribution is -2.54. The van der Waals surface area contributed by atoms with Crippen LogP contribution >= 0.6 is 0 Å². The molecule has 188 valence electrons. The van der Waals surface area contributed by atoms with Gasteiger partial charge in [0.2, 0.25) is 0 Å². The van der Waals surface area contributed by atoms with Crippen molar-refractivity contribution in [2.45, 2.75) is 20.5 Å². The molecule has 0 radical (unpaired) electrons. The molecule has 1 aliphatic rings. The molecule has 1 N–H and O–H groups in total. The number of nitrogens with one attached hydrogen (secondary N) is 1. The number of hydrogen-bond donors (Lipinski definition) is 1. The fourth-order valence-corrected chi connectivity index (χ4v) is 3.98. The zero-order valence-corrected chi connectivity index (χ0v) is 20.4. The minimum Gasteiger partial charge on any atom is -0.545 e. The lowest BCUT2D eigenvalue weighted by atomic mass is 10.0. The minimum atomic E-state index is -1.28. The molecule has 4 amide bonds. The van der Waals surface area contributed by atoms with Crippen LogP contribution in [0.3, 0.4) is 0 Å². The summed E-state index contributed by atoms with van der Waals surface area (Å²) < 4.78 is 11.2. The van der Waals surface area contributed by atoms with Crippen molar-refractivity contribution in [3.05, 3.63) is 94.1 Å². The number of urea groups is 1. The van der Waals surface area contributed by atoms with Crippen LogP contribution in [0.25, 0.3) is 6.08 Å². The van der Waals surface area contributed by atoms with Gasteiger partial charge in [0, 0.05) is 0 Å². The SMILES string of the molecule is COc1cc(/C=C2/C(=O)NC(=O)N(c3cc(C)cc(C)c3)C2=O)ccc1OCc1cccc(C(=O)[O-])c1. The highest BCUT2D eigenvalue weighted by molar-refractivity contribution is 6.39. The van der Waals surface area contributed by atoms with Crippen LogP contribution in [-0.4, -0.2) is 30.9 Å². The van der Waals surface area contributed by atoms with Crippen molar-refractivity contribution in [2.24, 2.45) is 0 Å². The number of benzene rings is 3. The van der Waals surface area contributed by atoms with Crippen LogP contribution in [0.15, 0.2) is 66.2 Å². The second kappa shape index (κ2) is 10.4. The van der Waals surface area contributed by atoms with E-state index in [0.717, 1.165) is 16.0 Å². The quantitative estimate of drug-likeness (QED) is 0.391. The van der Waals surface area contributed by atoms with Gasteiger partial charge >= 0.3 is 6.03 Å². The summed E-state index contributed by atoms with van der Waals surface area (Å²) in [5.41, 5.74) is 3.01. The average molecular weight is 499 g/mol. The number of amides is 4. The Balaban J connectivity index is 1.59. The van der Waals surface area contributed by atoms with Crippen LogP contribution in [0.5, 0.6) is 11.5 Å². The predicted molar refractivity (Wildman–Crippen MR) is 133 cm³/mol. The molecule has 0 saturated carbocycles. The van der Waals surface area contributed by atoms with Crippen molar-refractivity contribution in [3.63, 3.8) is 0 Å². The van der Waals surface area contributed by atoms with Gasteiger partial charge in [-0.15, -0.1) is 0 Å². The summed E-state index contributed by atoms with van der Waals surface area (Å²) in [6, 6.07) is 15.5. The Hall–Kier alpha value is -4.92. The summed E-state index contributed by atoms with van der Waals surface area (Å²) in [5.74, 6) is -2.13. The van der Waals surface area contributed by atoms with Gasteiger partial charge in [-0.25, -0.2) is 9.69 Å². The first-order chi connectivity index (χ1) is 17.7. The number of aromatic carboxylic acids is 1. The number of barbiturate groups is 1. The molecule has 0 unspecified atom stereocenters. The van der Waals surface area contributed by atoms with E-state index >= 15 is 0 Å². The molecule has 3 aromatic rings. The lowest BCUT2D eigenvalue weighted by Gasteiger charge is -2.27. The fourth-order valence-electron chi connectivity index (χ4n) is 3.98. The Bertz CT molecular complexity index is 1440.